The molecule has 41 heavy (non-hydrogen) atoms. The molecule has 9 heteroatoms. The van der Waals surface area contributed by atoms with Crippen LogP contribution in [0.5, 0.6) is 5.75 Å². The van der Waals surface area contributed by atoms with E-state index in [1.807, 2.05) is 73.8 Å². The van der Waals surface area contributed by atoms with E-state index in [2.05, 4.69) is 4.57 Å². The van der Waals surface area contributed by atoms with Gasteiger partial charge in [0.05, 0.1) is 29.1 Å². The van der Waals surface area contributed by atoms with Crippen LogP contribution in [0.3, 0.4) is 0 Å². The summed E-state index contributed by atoms with van der Waals surface area (Å²) in [6.07, 6.45) is 3.49. The van der Waals surface area contributed by atoms with Crippen molar-refractivity contribution in [2.75, 3.05) is 25.1 Å². The van der Waals surface area contributed by atoms with Crippen molar-refractivity contribution >= 4 is 23.2 Å². The van der Waals surface area contributed by atoms with Gasteiger partial charge in [-0.05, 0) is 61.4 Å². The van der Waals surface area contributed by atoms with Crippen LogP contribution in [0, 0.1) is 17.0 Å². The summed E-state index contributed by atoms with van der Waals surface area (Å²) in [7, 11) is 1.61. The van der Waals surface area contributed by atoms with E-state index in [0.717, 1.165) is 29.1 Å². The van der Waals surface area contributed by atoms with Crippen LogP contribution in [-0.2, 0) is 4.79 Å². The van der Waals surface area contributed by atoms with Crippen molar-refractivity contribution in [2.45, 2.75) is 32.7 Å². The van der Waals surface area contributed by atoms with Gasteiger partial charge in [-0.3, -0.25) is 24.6 Å². The number of carbonyl (C=O) groups is 2. The molecule has 1 aliphatic heterocycles. The fourth-order valence-corrected chi connectivity index (χ4v) is 5.33. The Labute approximate surface area is 238 Å². The zero-order valence-electron chi connectivity index (χ0n) is 23.3. The van der Waals surface area contributed by atoms with Crippen LogP contribution in [-0.4, -0.2) is 46.4 Å². The highest BCUT2D eigenvalue weighted by Crippen LogP contribution is 2.42. The molecule has 5 rings (SSSR count). The summed E-state index contributed by atoms with van der Waals surface area (Å²) < 4.78 is 7.44. The number of fused-ring (bicyclic) bond motifs is 3. The second-order valence-electron chi connectivity index (χ2n) is 10.1. The minimum absolute atomic E-state index is 0.122. The van der Waals surface area contributed by atoms with Gasteiger partial charge in [0.25, 0.3) is 11.6 Å². The number of carbonyl (C=O) groups excluding carboxylic acids is 2. The molecule has 1 unspecified atom stereocenters. The molecule has 0 fully saturated rings. The molecule has 0 saturated carbocycles. The molecule has 2 heterocycles. The minimum atomic E-state index is -0.493. The number of hydrogen-bond acceptors (Lipinski definition) is 5. The number of unbranched alkanes of at least 4 members (excludes halogenated alkanes) is 1. The first kappa shape index (κ1) is 27.6. The number of aromatic nitrogens is 1. The summed E-state index contributed by atoms with van der Waals surface area (Å²) >= 11 is 0. The Bertz CT molecular complexity index is 1590. The first-order valence-corrected chi connectivity index (χ1v) is 13.6. The molecule has 9 nitrogen and oxygen atoms in total. The number of nitro benzene ring substituents is 1. The molecule has 1 aliphatic rings. The predicted molar refractivity (Wildman–Crippen MR) is 157 cm³/mol. The molecule has 0 N–H and O–H groups in total. The van der Waals surface area contributed by atoms with Gasteiger partial charge < -0.3 is 14.2 Å². The monoisotopic (exact) mass is 552 g/mol. The van der Waals surface area contributed by atoms with E-state index in [0.29, 0.717) is 24.3 Å². The van der Waals surface area contributed by atoms with Gasteiger partial charge in [0.15, 0.2) is 0 Å². The molecule has 3 aromatic carbocycles. The van der Waals surface area contributed by atoms with E-state index in [1.165, 1.54) is 11.0 Å². The van der Waals surface area contributed by atoms with Gasteiger partial charge in [0.2, 0.25) is 5.91 Å². The molecule has 4 aromatic rings. The van der Waals surface area contributed by atoms with Crippen LogP contribution in [0.25, 0.3) is 5.69 Å². The number of hydrogen-bond donors (Lipinski definition) is 0. The van der Waals surface area contributed by atoms with Crippen LogP contribution < -0.4 is 9.64 Å². The topological polar surface area (TPSA) is 97.9 Å². The summed E-state index contributed by atoms with van der Waals surface area (Å²) in [6.45, 7) is 3.81. The first-order chi connectivity index (χ1) is 19.8. The summed E-state index contributed by atoms with van der Waals surface area (Å²) in [5, 5.41) is 11.5. The molecule has 1 atom stereocenters. The van der Waals surface area contributed by atoms with E-state index in [4.69, 9.17) is 4.74 Å². The molecule has 0 saturated heterocycles. The molecule has 210 valence electrons. The predicted octanol–water partition coefficient (Wildman–Crippen LogP) is 6.08. The average molecular weight is 553 g/mol. The van der Waals surface area contributed by atoms with Crippen molar-refractivity contribution in [3.63, 3.8) is 0 Å². The molecule has 0 radical (unpaired) electrons. The van der Waals surface area contributed by atoms with Crippen molar-refractivity contribution in [2.24, 2.45) is 0 Å². The normalized spacial score (nSPS) is 13.7. The van der Waals surface area contributed by atoms with E-state index in [-0.39, 0.29) is 23.7 Å². The van der Waals surface area contributed by atoms with E-state index in [9.17, 15) is 19.7 Å². The molecule has 0 aliphatic carbocycles. The number of para-hydroxylation sites is 2. The fraction of sp³-hybridized carbons (Fsp3) is 0.250. The Kier molecular flexibility index (Phi) is 7.87. The zero-order chi connectivity index (χ0) is 29.1. The van der Waals surface area contributed by atoms with Crippen LogP contribution in [0.4, 0.5) is 11.4 Å². The third-order valence-corrected chi connectivity index (χ3v) is 7.47. The third kappa shape index (κ3) is 5.30. The van der Waals surface area contributed by atoms with Crippen molar-refractivity contribution in [3.05, 3.63) is 118 Å². The van der Waals surface area contributed by atoms with Crippen LogP contribution in [0.1, 0.15) is 53.0 Å². The van der Waals surface area contributed by atoms with Gasteiger partial charge in [0.1, 0.15) is 18.3 Å². The summed E-state index contributed by atoms with van der Waals surface area (Å²) in [5.74, 6) is 0.0445. The fourth-order valence-electron chi connectivity index (χ4n) is 5.33. The van der Waals surface area contributed by atoms with Crippen molar-refractivity contribution in [1.29, 1.82) is 0 Å². The smallest absolute Gasteiger partial charge is 0.273 e. The maximum atomic E-state index is 14.3. The largest absolute Gasteiger partial charge is 0.497 e. The van der Waals surface area contributed by atoms with Gasteiger partial charge in [-0.1, -0.05) is 43.7 Å². The lowest BCUT2D eigenvalue weighted by molar-refractivity contribution is -0.385. The molecule has 0 bridgehead atoms. The van der Waals surface area contributed by atoms with Crippen LogP contribution >= 0.6 is 0 Å². The number of benzene rings is 3. The Morgan fingerprint density at radius 2 is 1.73 bits per heavy atom. The Balaban J connectivity index is 1.55. The highest BCUT2D eigenvalue weighted by atomic mass is 16.6. The summed E-state index contributed by atoms with van der Waals surface area (Å²) in [6, 6.07) is 23.3. The Hall–Kier alpha value is -4.92. The zero-order valence-corrected chi connectivity index (χ0v) is 23.3. The average Bonchev–Trinajstić information content (AvgIpc) is 3.48. The number of rotatable bonds is 9. The molecule has 2 amide bonds. The summed E-state index contributed by atoms with van der Waals surface area (Å²) in [5.41, 5.74) is 3.95. The van der Waals surface area contributed by atoms with E-state index < -0.39 is 16.9 Å². The number of nitro groups is 1. The second-order valence-corrected chi connectivity index (χ2v) is 10.1. The second kappa shape index (κ2) is 11.7. The van der Waals surface area contributed by atoms with Gasteiger partial charge in [-0.2, -0.15) is 0 Å². The van der Waals surface area contributed by atoms with Gasteiger partial charge >= 0.3 is 0 Å². The van der Waals surface area contributed by atoms with Crippen LogP contribution in [0.2, 0.25) is 0 Å². The SMILES string of the molecule is CCCCN(CC(=O)N1c2ccccc2-n2cccc2C1c1ccc(OC)cc1)C(=O)c1ccc(C)c([N+](=O)[O-])c1. The molecule has 1 aromatic heterocycles. The number of amides is 2. The van der Waals surface area contributed by atoms with Gasteiger partial charge in [-0.25, -0.2) is 0 Å². The highest BCUT2D eigenvalue weighted by Gasteiger charge is 2.37. The lowest BCUT2D eigenvalue weighted by Gasteiger charge is -2.39. The quantitative estimate of drug-likeness (QED) is 0.185. The number of aryl methyl sites for hydroxylation is 1. The summed E-state index contributed by atoms with van der Waals surface area (Å²) in [4.78, 5) is 42.3. The van der Waals surface area contributed by atoms with Gasteiger partial charge in [0, 0.05) is 29.9 Å². The van der Waals surface area contributed by atoms with Crippen molar-refractivity contribution in [1.82, 2.24) is 9.47 Å². The number of methoxy groups -OCH3 is 1. The lowest BCUT2D eigenvalue weighted by Crippen LogP contribution is -2.47. The Morgan fingerprint density at radius 1 is 1.00 bits per heavy atom. The number of ether oxygens (including phenoxy) is 1. The van der Waals surface area contributed by atoms with Crippen LogP contribution in [0.15, 0.2) is 85.1 Å². The number of nitrogens with zero attached hydrogens (tertiary/aromatic N) is 4. The first-order valence-electron chi connectivity index (χ1n) is 13.6. The maximum absolute atomic E-state index is 14.3. The standard InChI is InChI=1S/C32H32N4O5/c1-4-5-18-33(32(38)24-13-12-22(2)29(20-24)36(39)40)21-30(37)35-27-10-7-6-9-26(27)34-19-8-11-28(34)31(35)23-14-16-25(41-3)17-15-23/h6-17,19-20,31H,4-5,18,21H2,1-3H3. The minimum Gasteiger partial charge on any atom is -0.497 e. The Morgan fingerprint density at radius 3 is 2.41 bits per heavy atom. The van der Waals surface area contributed by atoms with E-state index in [1.54, 1.807) is 31.1 Å². The highest BCUT2D eigenvalue weighted by molar-refractivity contribution is 6.03. The molecular formula is C32H32N4O5. The third-order valence-electron chi connectivity index (χ3n) is 7.47. The van der Waals surface area contributed by atoms with Crippen molar-refractivity contribution in [3.8, 4) is 11.4 Å². The molecule has 0 spiro atoms. The van der Waals surface area contributed by atoms with E-state index >= 15 is 0 Å². The maximum Gasteiger partial charge on any atom is 0.273 e. The van der Waals surface area contributed by atoms with Crippen molar-refractivity contribution < 1.29 is 19.2 Å². The molecular weight excluding hydrogens is 520 g/mol. The van der Waals surface area contributed by atoms with Gasteiger partial charge in [-0.15, -0.1) is 0 Å². The lowest BCUT2D eigenvalue weighted by atomic mass is 9.97. The number of anilines is 1.